The molecule has 1 fully saturated rings. The maximum absolute atomic E-state index is 2.93. The van der Waals surface area contributed by atoms with Crippen molar-refractivity contribution >= 4 is 33.7 Å². The predicted molar refractivity (Wildman–Crippen MR) is 209 cm³/mol. The fourth-order valence-corrected chi connectivity index (χ4v) is 28.3. The molecule has 9 rings (SSSR count). The smallest absolute Gasteiger partial charge is 1.00 e. The Balaban J connectivity index is 0.00000203. The molecule has 2 unspecified atom stereocenters. The van der Waals surface area contributed by atoms with E-state index in [9.17, 15) is 0 Å². The van der Waals surface area contributed by atoms with Gasteiger partial charge in [-0.05, 0) is 0 Å². The molecule has 0 saturated carbocycles. The van der Waals surface area contributed by atoms with Gasteiger partial charge in [-0.15, -0.1) is 0 Å². The molecule has 0 radical (unpaired) electrons. The molecule has 0 aromatic heterocycles. The normalized spacial score (nSPS) is 17.6. The molecule has 0 bridgehead atoms. The average molecular weight is 785 g/mol. The van der Waals surface area contributed by atoms with Gasteiger partial charge in [0.1, 0.15) is 0 Å². The Morgan fingerprint density at radius 3 is 1.25 bits per heavy atom. The van der Waals surface area contributed by atoms with E-state index in [0.717, 1.165) is 0 Å². The van der Waals surface area contributed by atoms with E-state index in [2.05, 4.69) is 163 Å². The topological polar surface area (TPSA) is 0 Å². The monoisotopic (exact) mass is 782 g/mol. The van der Waals surface area contributed by atoms with Crippen molar-refractivity contribution in [3.63, 3.8) is 0 Å². The van der Waals surface area contributed by atoms with Crippen LogP contribution < -0.4 is 24.8 Å². The molecule has 256 valence electrons. The summed E-state index contributed by atoms with van der Waals surface area (Å²) in [7, 11) is 0. The zero-order chi connectivity index (χ0) is 33.6. The molecule has 2 aliphatic carbocycles. The first-order valence-corrected chi connectivity index (χ1v) is 24.7. The number of benzene rings is 6. The predicted octanol–water partition coefficient (Wildman–Crippen LogP) is 7.84. The van der Waals surface area contributed by atoms with Crippen molar-refractivity contribution in [2.75, 3.05) is 0 Å². The summed E-state index contributed by atoms with van der Waals surface area (Å²) in [5.74, 6) is 1.07. The van der Waals surface area contributed by atoms with Crippen molar-refractivity contribution in [3.8, 4) is 22.3 Å². The van der Waals surface area contributed by atoms with Crippen LogP contribution in [-0.2, 0) is 20.3 Å². The first-order chi connectivity index (χ1) is 23.7. The van der Waals surface area contributed by atoms with Gasteiger partial charge in [0, 0.05) is 0 Å². The van der Waals surface area contributed by atoms with E-state index in [0.29, 0.717) is 19.1 Å². The molecule has 3 aliphatic rings. The molecule has 1 heterocycles. The van der Waals surface area contributed by atoms with Gasteiger partial charge in [0.25, 0.3) is 0 Å². The van der Waals surface area contributed by atoms with E-state index in [1.165, 1.54) is 74.3 Å². The minimum atomic E-state index is -2.93. The number of aryl methyl sites for hydroxylation is 2. The molecular formula is C48H46Cl2Zr. The first kappa shape index (κ1) is 36.2. The molecule has 0 N–H and O–H groups in total. The Morgan fingerprint density at radius 2 is 0.882 bits per heavy atom. The van der Waals surface area contributed by atoms with Crippen LogP contribution in [0.5, 0.6) is 0 Å². The number of hydrogen-bond donors (Lipinski definition) is 0. The number of rotatable bonds is 6. The van der Waals surface area contributed by atoms with Crippen molar-refractivity contribution in [1.29, 1.82) is 0 Å². The van der Waals surface area contributed by atoms with Gasteiger partial charge < -0.3 is 24.8 Å². The van der Waals surface area contributed by atoms with Gasteiger partial charge >= 0.3 is 299 Å². The van der Waals surface area contributed by atoms with Crippen LogP contribution in [0.25, 0.3) is 56.0 Å². The van der Waals surface area contributed by atoms with Crippen LogP contribution in [0.4, 0.5) is 0 Å². The van der Waals surface area contributed by atoms with E-state index >= 15 is 0 Å². The summed E-state index contributed by atoms with van der Waals surface area (Å²) in [5.41, 5.74) is 18.3. The molecular weight excluding hydrogens is 739 g/mol. The van der Waals surface area contributed by atoms with Gasteiger partial charge in [0.15, 0.2) is 0 Å². The third-order valence-electron chi connectivity index (χ3n) is 12.3. The Kier molecular flexibility index (Phi) is 9.67. The Labute approximate surface area is 321 Å². The molecule has 3 heteroatoms. The average Bonchev–Trinajstić information content (AvgIpc) is 3.60. The van der Waals surface area contributed by atoms with Crippen molar-refractivity contribution < 1.29 is 45.1 Å². The van der Waals surface area contributed by atoms with E-state index < -0.39 is 20.3 Å². The molecule has 1 saturated heterocycles. The summed E-state index contributed by atoms with van der Waals surface area (Å²) < 4.78 is 4.23. The quantitative estimate of drug-likeness (QED) is 0.162. The number of halogens is 2. The molecule has 6 aromatic carbocycles. The minimum Gasteiger partial charge on any atom is -1.00 e. The molecule has 0 amide bonds. The van der Waals surface area contributed by atoms with Crippen LogP contribution >= 0.6 is 0 Å². The zero-order valence-electron chi connectivity index (χ0n) is 30.5. The summed E-state index contributed by atoms with van der Waals surface area (Å²) in [5, 5.41) is 5.26. The maximum atomic E-state index is 2.67. The summed E-state index contributed by atoms with van der Waals surface area (Å²) in [6, 6.07) is 41.4. The van der Waals surface area contributed by atoms with Crippen LogP contribution in [0, 0.1) is 25.7 Å². The van der Waals surface area contributed by atoms with Crippen molar-refractivity contribution in [1.82, 2.24) is 0 Å². The fourth-order valence-electron chi connectivity index (χ4n) is 9.75. The van der Waals surface area contributed by atoms with Crippen LogP contribution in [0.15, 0.2) is 120 Å². The second kappa shape index (κ2) is 13.6. The third kappa shape index (κ3) is 5.75. The zero-order valence-corrected chi connectivity index (χ0v) is 34.5. The Hall–Kier alpha value is -3.22. The van der Waals surface area contributed by atoms with Crippen molar-refractivity contribution in [2.24, 2.45) is 11.8 Å². The molecule has 0 nitrogen and oxygen atoms in total. The third-order valence-corrected chi connectivity index (χ3v) is 25.1. The molecule has 1 aliphatic heterocycles. The van der Waals surface area contributed by atoms with E-state index in [-0.39, 0.29) is 24.8 Å². The second-order valence-electron chi connectivity index (χ2n) is 15.8. The van der Waals surface area contributed by atoms with Gasteiger partial charge in [-0.25, -0.2) is 0 Å². The van der Waals surface area contributed by atoms with Gasteiger partial charge in [-0.1, -0.05) is 0 Å². The molecule has 0 spiro atoms. The van der Waals surface area contributed by atoms with Crippen LogP contribution in [0.2, 0.25) is 8.26 Å². The van der Waals surface area contributed by atoms with Gasteiger partial charge in [0.05, 0.1) is 0 Å². The standard InChI is InChI=1S/2C23H21.C2H4.2ClH.Zr/c2*1-15(2)20-13-22-16(3)8-11-21(23(22)14-20)19-10-9-17-6-4-5-7-18(17)12-19;1-2;;;/h2*4-15H,1-3H3;1-2H2;2*1H;/q;;;;;+2/p-2. The van der Waals surface area contributed by atoms with E-state index in [1.807, 2.05) is 0 Å². The summed E-state index contributed by atoms with van der Waals surface area (Å²) >= 11 is -2.93. The molecule has 2 atom stereocenters. The Bertz CT molecular complexity index is 2220. The molecule has 6 aromatic rings. The van der Waals surface area contributed by atoms with Gasteiger partial charge in [0.2, 0.25) is 0 Å². The van der Waals surface area contributed by atoms with Gasteiger partial charge in [-0.3, -0.25) is 0 Å². The first-order valence-electron chi connectivity index (χ1n) is 18.4. The van der Waals surface area contributed by atoms with E-state index in [4.69, 9.17) is 0 Å². The molecule has 51 heavy (non-hydrogen) atoms. The van der Waals surface area contributed by atoms with E-state index in [1.54, 1.807) is 22.3 Å². The number of allylic oxidation sites excluding steroid dienone is 2. The maximum Gasteiger partial charge on any atom is -1.00 e. The number of fused-ring (bicyclic) bond motifs is 4. The Morgan fingerprint density at radius 1 is 0.490 bits per heavy atom. The minimum absolute atomic E-state index is 0. The SMILES string of the molecule is Cc1ccc(-c2ccc3ccccc3c2)c2c1[CH]([Zr+2]1([CH]3C(C(C)C)=Cc4c(-c5ccc6ccccc6c5)ccc(C)c43)[CH2][CH2]1)C(C(C)C)=C2.[Cl-].[Cl-]. The largest absolute Gasteiger partial charge is 1.00 e. The van der Waals surface area contributed by atoms with Crippen LogP contribution in [0.3, 0.4) is 0 Å². The van der Waals surface area contributed by atoms with Crippen molar-refractivity contribution in [3.05, 3.63) is 154 Å². The van der Waals surface area contributed by atoms with Crippen LogP contribution in [-0.4, -0.2) is 0 Å². The fraction of sp³-hybridized carbons (Fsp3) is 0.250. The van der Waals surface area contributed by atoms with Crippen molar-refractivity contribution in [2.45, 2.75) is 57.1 Å². The second-order valence-corrected chi connectivity index (χ2v) is 27.2. The summed E-state index contributed by atoms with van der Waals surface area (Å²) in [6.07, 6.45) is 5.35. The van der Waals surface area contributed by atoms with Gasteiger partial charge in [-0.2, -0.15) is 0 Å². The summed E-state index contributed by atoms with van der Waals surface area (Å²) in [4.78, 5) is 0. The number of hydrogen-bond acceptors (Lipinski definition) is 0. The van der Waals surface area contributed by atoms with Crippen LogP contribution in [0.1, 0.15) is 68.3 Å². The summed E-state index contributed by atoms with van der Waals surface area (Å²) in [6.45, 7) is 14.6.